The molecule has 1 heterocycles. The summed E-state index contributed by atoms with van der Waals surface area (Å²) in [6.45, 7) is 8.73. The predicted molar refractivity (Wildman–Crippen MR) is 80.4 cm³/mol. The Morgan fingerprint density at radius 1 is 1.38 bits per heavy atom. The van der Waals surface area contributed by atoms with Crippen LogP contribution in [0, 0.1) is 5.82 Å². The molecule has 0 saturated carbocycles. The first-order valence-corrected chi connectivity index (χ1v) is 6.76. The van der Waals surface area contributed by atoms with Crippen LogP contribution in [-0.2, 0) is 0 Å². The Labute approximate surface area is 123 Å². The molecule has 0 fully saturated rings. The zero-order valence-corrected chi connectivity index (χ0v) is 12.2. The molecule has 0 atom stereocenters. The average molecular weight is 287 g/mol. The lowest BCUT2D eigenvalue weighted by Gasteiger charge is -2.19. The van der Waals surface area contributed by atoms with Crippen molar-refractivity contribution in [3.05, 3.63) is 54.0 Å². The zero-order valence-electron chi connectivity index (χ0n) is 12.2. The van der Waals surface area contributed by atoms with Gasteiger partial charge in [-0.3, -0.25) is 9.89 Å². The SMILES string of the molecule is C=C(C)CN(CC)C(=O)c1cc(-c2ccc(F)cc2)n[nH]1. The molecule has 0 unspecified atom stereocenters. The van der Waals surface area contributed by atoms with Crippen molar-refractivity contribution in [2.45, 2.75) is 13.8 Å². The van der Waals surface area contributed by atoms with Gasteiger partial charge in [-0.1, -0.05) is 12.2 Å². The molecular formula is C16H18FN3O. The molecule has 1 N–H and O–H groups in total. The van der Waals surface area contributed by atoms with E-state index in [9.17, 15) is 9.18 Å². The molecule has 2 rings (SSSR count). The topological polar surface area (TPSA) is 49.0 Å². The number of rotatable bonds is 5. The third-order valence-electron chi connectivity index (χ3n) is 3.08. The molecule has 0 bridgehead atoms. The Hall–Kier alpha value is -2.43. The van der Waals surface area contributed by atoms with Gasteiger partial charge in [-0.2, -0.15) is 5.10 Å². The van der Waals surface area contributed by atoms with E-state index in [1.807, 2.05) is 13.8 Å². The molecule has 0 spiro atoms. The highest BCUT2D eigenvalue weighted by molar-refractivity contribution is 5.93. The molecular weight excluding hydrogens is 269 g/mol. The summed E-state index contributed by atoms with van der Waals surface area (Å²) < 4.78 is 12.9. The van der Waals surface area contributed by atoms with E-state index in [0.717, 1.165) is 11.1 Å². The van der Waals surface area contributed by atoms with E-state index < -0.39 is 0 Å². The fourth-order valence-electron chi connectivity index (χ4n) is 2.02. The maximum atomic E-state index is 12.9. The van der Waals surface area contributed by atoms with Crippen molar-refractivity contribution in [1.29, 1.82) is 0 Å². The van der Waals surface area contributed by atoms with E-state index in [-0.39, 0.29) is 11.7 Å². The molecule has 0 saturated heterocycles. The van der Waals surface area contributed by atoms with Crippen molar-refractivity contribution in [1.82, 2.24) is 15.1 Å². The van der Waals surface area contributed by atoms with E-state index >= 15 is 0 Å². The monoisotopic (exact) mass is 287 g/mol. The number of carbonyl (C=O) groups excluding carboxylic acids is 1. The van der Waals surface area contributed by atoms with E-state index in [2.05, 4.69) is 16.8 Å². The molecule has 2 aromatic rings. The first-order chi connectivity index (χ1) is 10.0. The van der Waals surface area contributed by atoms with Gasteiger partial charge in [-0.15, -0.1) is 0 Å². The predicted octanol–water partition coefficient (Wildman–Crippen LogP) is 3.25. The number of likely N-dealkylation sites (N-methyl/N-ethyl adjacent to an activating group) is 1. The van der Waals surface area contributed by atoms with E-state index in [0.29, 0.717) is 24.5 Å². The number of amides is 1. The molecule has 110 valence electrons. The molecule has 0 aliphatic carbocycles. The number of halogens is 1. The number of nitrogens with zero attached hydrogens (tertiary/aromatic N) is 2. The fraction of sp³-hybridized carbons (Fsp3) is 0.250. The maximum absolute atomic E-state index is 12.9. The molecule has 0 radical (unpaired) electrons. The Balaban J connectivity index is 2.20. The van der Waals surface area contributed by atoms with Gasteiger partial charge in [0.2, 0.25) is 0 Å². The van der Waals surface area contributed by atoms with Gasteiger partial charge in [-0.25, -0.2) is 4.39 Å². The summed E-state index contributed by atoms with van der Waals surface area (Å²) in [5, 5.41) is 6.86. The van der Waals surface area contributed by atoms with Crippen LogP contribution in [0.2, 0.25) is 0 Å². The lowest BCUT2D eigenvalue weighted by molar-refractivity contribution is 0.0772. The Bertz CT molecular complexity index is 646. The number of nitrogens with one attached hydrogen (secondary N) is 1. The number of hydrogen-bond donors (Lipinski definition) is 1. The minimum absolute atomic E-state index is 0.124. The Morgan fingerprint density at radius 2 is 2.05 bits per heavy atom. The normalized spacial score (nSPS) is 10.4. The smallest absolute Gasteiger partial charge is 0.272 e. The standard InChI is InChI=1S/C16H18FN3O/c1-4-20(10-11(2)3)16(21)15-9-14(18-19-15)12-5-7-13(17)8-6-12/h5-9H,2,4,10H2,1,3H3,(H,18,19). The summed E-state index contributed by atoms with van der Waals surface area (Å²) in [6, 6.07) is 7.67. The number of H-pyrrole nitrogens is 1. The van der Waals surface area contributed by atoms with Crippen LogP contribution in [0.3, 0.4) is 0 Å². The Kier molecular flexibility index (Phi) is 4.52. The van der Waals surface area contributed by atoms with Gasteiger partial charge in [-0.05, 0) is 44.2 Å². The van der Waals surface area contributed by atoms with Crippen LogP contribution in [0.4, 0.5) is 4.39 Å². The third kappa shape index (κ3) is 3.56. The minimum Gasteiger partial charge on any atom is -0.334 e. The largest absolute Gasteiger partial charge is 0.334 e. The summed E-state index contributed by atoms with van der Waals surface area (Å²) in [6.07, 6.45) is 0. The van der Waals surface area contributed by atoms with E-state index in [4.69, 9.17) is 0 Å². The molecule has 1 amide bonds. The highest BCUT2D eigenvalue weighted by Crippen LogP contribution is 2.18. The molecule has 21 heavy (non-hydrogen) atoms. The third-order valence-corrected chi connectivity index (χ3v) is 3.08. The quantitative estimate of drug-likeness (QED) is 0.858. The van der Waals surface area contributed by atoms with Crippen LogP contribution in [0.15, 0.2) is 42.5 Å². The number of hydrogen-bond acceptors (Lipinski definition) is 2. The molecule has 0 aliphatic heterocycles. The second-order valence-corrected chi connectivity index (χ2v) is 4.95. The number of aromatic amines is 1. The first-order valence-electron chi connectivity index (χ1n) is 6.76. The van der Waals surface area contributed by atoms with Crippen molar-refractivity contribution in [2.75, 3.05) is 13.1 Å². The van der Waals surface area contributed by atoms with E-state index in [1.165, 1.54) is 12.1 Å². The van der Waals surface area contributed by atoms with Crippen LogP contribution in [0.5, 0.6) is 0 Å². The molecule has 0 aliphatic rings. The van der Waals surface area contributed by atoms with E-state index in [1.54, 1.807) is 23.1 Å². The minimum atomic E-state index is -0.302. The van der Waals surface area contributed by atoms with Crippen LogP contribution in [0.25, 0.3) is 11.3 Å². The van der Waals surface area contributed by atoms with Gasteiger partial charge in [0.1, 0.15) is 11.5 Å². The molecule has 1 aromatic heterocycles. The summed E-state index contributed by atoms with van der Waals surface area (Å²) in [5.41, 5.74) is 2.71. The van der Waals surface area contributed by atoms with Gasteiger partial charge >= 0.3 is 0 Å². The maximum Gasteiger partial charge on any atom is 0.272 e. The number of aromatic nitrogens is 2. The van der Waals surface area contributed by atoms with Crippen molar-refractivity contribution in [2.24, 2.45) is 0 Å². The lowest BCUT2D eigenvalue weighted by atomic mass is 10.1. The number of carbonyl (C=O) groups is 1. The van der Waals surface area contributed by atoms with Crippen LogP contribution in [-0.4, -0.2) is 34.1 Å². The Morgan fingerprint density at radius 3 is 2.62 bits per heavy atom. The highest BCUT2D eigenvalue weighted by Gasteiger charge is 2.17. The second-order valence-electron chi connectivity index (χ2n) is 4.95. The van der Waals surface area contributed by atoms with Crippen molar-refractivity contribution >= 4 is 5.91 Å². The summed E-state index contributed by atoms with van der Waals surface area (Å²) >= 11 is 0. The summed E-state index contributed by atoms with van der Waals surface area (Å²) in [4.78, 5) is 14.0. The van der Waals surface area contributed by atoms with Crippen molar-refractivity contribution in [3.8, 4) is 11.3 Å². The van der Waals surface area contributed by atoms with Crippen molar-refractivity contribution < 1.29 is 9.18 Å². The zero-order chi connectivity index (χ0) is 15.4. The van der Waals surface area contributed by atoms with Gasteiger partial charge in [0.15, 0.2) is 0 Å². The van der Waals surface area contributed by atoms with Crippen molar-refractivity contribution in [3.63, 3.8) is 0 Å². The summed E-state index contributed by atoms with van der Waals surface area (Å²) in [5.74, 6) is -0.425. The van der Waals surface area contributed by atoms with Gasteiger partial charge in [0, 0.05) is 18.7 Å². The highest BCUT2D eigenvalue weighted by atomic mass is 19.1. The van der Waals surface area contributed by atoms with Gasteiger partial charge < -0.3 is 4.90 Å². The fourth-order valence-corrected chi connectivity index (χ4v) is 2.02. The first kappa shape index (κ1) is 15.0. The molecule has 5 heteroatoms. The number of benzene rings is 1. The average Bonchev–Trinajstić information content (AvgIpc) is 2.94. The lowest BCUT2D eigenvalue weighted by Crippen LogP contribution is -2.32. The van der Waals surface area contributed by atoms with Crippen LogP contribution >= 0.6 is 0 Å². The van der Waals surface area contributed by atoms with Crippen LogP contribution in [0.1, 0.15) is 24.3 Å². The van der Waals surface area contributed by atoms with Gasteiger partial charge in [0.25, 0.3) is 5.91 Å². The van der Waals surface area contributed by atoms with Gasteiger partial charge in [0.05, 0.1) is 5.69 Å². The molecule has 1 aromatic carbocycles. The molecule has 4 nitrogen and oxygen atoms in total. The second kappa shape index (κ2) is 6.35. The van der Waals surface area contributed by atoms with Crippen LogP contribution < -0.4 is 0 Å². The summed E-state index contributed by atoms with van der Waals surface area (Å²) in [7, 11) is 0.